The van der Waals surface area contributed by atoms with Gasteiger partial charge < -0.3 is 10.4 Å². The Labute approximate surface area is 106 Å². The Hall–Kier alpha value is -1.85. The quantitative estimate of drug-likeness (QED) is 0.782. The van der Waals surface area contributed by atoms with Crippen LogP contribution in [0.25, 0.3) is 0 Å². The summed E-state index contributed by atoms with van der Waals surface area (Å²) in [5.41, 5.74) is 1.94. The standard InChI is InChI=1S/C12H19N3O3/c1-8(12(17)18)7-13-11(16)4-5-15-10(3)6-9(2)14-15/h6,8H,4-5,7H2,1-3H3,(H,13,16)(H,17,18). The molecule has 0 saturated heterocycles. The van der Waals surface area contributed by atoms with E-state index >= 15 is 0 Å². The van der Waals surface area contributed by atoms with Gasteiger partial charge >= 0.3 is 5.97 Å². The maximum Gasteiger partial charge on any atom is 0.308 e. The lowest BCUT2D eigenvalue weighted by molar-refractivity contribution is -0.141. The highest BCUT2D eigenvalue weighted by Gasteiger charge is 2.12. The maximum atomic E-state index is 11.5. The fraction of sp³-hybridized carbons (Fsp3) is 0.583. The predicted octanol–water partition coefficient (Wildman–Crippen LogP) is 0.727. The fourth-order valence-electron chi connectivity index (χ4n) is 1.55. The summed E-state index contributed by atoms with van der Waals surface area (Å²) in [7, 11) is 0. The highest BCUT2D eigenvalue weighted by atomic mass is 16.4. The number of aromatic nitrogens is 2. The Morgan fingerprint density at radius 3 is 2.67 bits per heavy atom. The first kappa shape index (κ1) is 14.2. The summed E-state index contributed by atoms with van der Waals surface area (Å²) in [5, 5.41) is 15.5. The van der Waals surface area contributed by atoms with E-state index < -0.39 is 11.9 Å². The molecule has 0 aromatic carbocycles. The van der Waals surface area contributed by atoms with Gasteiger partial charge in [0.25, 0.3) is 0 Å². The Bertz CT molecular complexity index is 440. The molecule has 0 spiro atoms. The van der Waals surface area contributed by atoms with E-state index in [0.717, 1.165) is 11.4 Å². The van der Waals surface area contributed by atoms with Crippen LogP contribution in [0.3, 0.4) is 0 Å². The van der Waals surface area contributed by atoms with Crippen LogP contribution in [0, 0.1) is 19.8 Å². The molecule has 1 heterocycles. The molecule has 0 aliphatic rings. The number of hydrogen-bond donors (Lipinski definition) is 2. The van der Waals surface area contributed by atoms with Crippen molar-refractivity contribution in [1.29, 1.82) is 0 Å². The van der Waals surface area contributed by atoms with Gasteiger partial charge in [-0.25, -0.2) is 0 Å². The molecule has 1 amide bonds. The number of hydrogen-bond acceptors (Lipinski definition) is 3. The zero-order valence-corrected chi connectivity index (χ0v) is 10.9. The fourth-order valence-corrected chi connectivity index (χ4v) is 1.55. The van der Waals surface area contributed by atoms with Crippen LogP contribution in [-0.2, 0) is 16.1 Å². The lowest BCUT2D eigenvalue weighted by atomic mass is 10.2. The lowest BCUT2D eigenvalue weighted by Gasteiger charge is -2.09. The average Bonchev–Trinajstić information content (AvgIpc) is 2.61. The molecular formula is C12H19N3O3. The van der Waals surface area contributed by atoms with Crippen molar-refractivity contribution in [3.63, 3.8) is 0 Å². The van der Waals surface area contributed by atoms with Gasteiger partial charge in [0, 0.05) is 25.2 Å². The molecule has 1 rings (SSSR count). The largest absolute Gasteiger partial charge is 0.481 e. The second kappa shape index (κ2) is 6.18. The van der Waals surface area contributed by atoms with Crippen LogP contribution in [0.2, 0.25) is 0 Å². The number of carboxylic acids is 1. The molecule has 100 valence electrons. The Morgan fingerprint density at radius 1 is 1.50 bits per heavy atom. The van der Waals surface area contributed by atoms with Crippen molar-refractivity contribution >= 4 is 11.9 Å². The predicted molar refractivity (Wildman–Crippen MR) is 66.1 cm³/mol. The first-order valence-electron chi connectivity index (χ1n) is 5.90. The number of carbonyl (C=O) groups is 2. The number of rotatable bonds is 6. The van der Waals surface area contributed by atoms with Crippen molar-refractivity contribution in [2.75, 3.05) is 6.54 Å². The molecule has 1 unspecified atom stereocenters. The van der Waals surface area contributed by atoms with Gasteiger partial charge in [0.15, 0.2) is 0 Å². The van der Waals surface area contributed by atoms with Gasteiger partial charge in [0.1, 0.15) is 0 Å². The molecule has 0 fully saturated rings. The number of aliphatic carboxylic acids is 1. The van der Waals surface area contributed by atoms with Gasteiger partial charge in [0.05, 0.1) is 11.6 Å². The van der Waals surface area contributed by atoms with E-state index in [9.17, 15) is 9.59 Å². The van der Waals surface area contributed by atoms with E-state index in [1.165, 1.54) is 0 Å². The van der Waals surface area contributed by atoms with Gasteiger partial charge in [-0.15, -0.1) is 0 Å². The molecule has 1 atom stereocenters. The van der Waals surface area contributed by atoms with Gasteiger partial charge in [-0.05, 0) is 19.9 Å². The highest BCUT2D eigenvalue weighted by Crippen LogP contribution is 2.02. The van der Waals surface area contributed by atoms with Crippen LogP contribution in [0.15, 0.2) is 6.07 Å². The number of nitrogens with zero attached hydrogens (tertiary/aromatic N) is 2. The lowest BCUT2D eigenvalue weighted by Crippen LogP contribution is -2.32. The second-order valence-corrected chi connectivity index (χ2v) is 4.44. The molecule has 2 N–H and O–H groups in total. The Morgan fingerprint density at radius 2 is 2.17 bits per heavy atom. The topological polar surface area (TPSA) is 84.2 Å². The highest BCUT2D eigenvalue weighted by molar-refractivity contribution is 5.77. The van der Waals surface area contributed by atoms with Gasteiger partial charge in [-0.3, -0.25) is 14.3 Å². The van der Waals surface area contributed by atoms with E-state index in [-0.39, 0.29) is 12.5 Å². The van der Waals surface area contributed by atoms with Crippen molar-refractivity contribution in [2.24, 2.45) is 5.92 Å². The van der Waals surface area contributed by atoms with Gasteiger partial charge in [-0.1, -0.05) is 6.92 Å². The van der Waals surface area contributed by atoms with Crippen molar-refractivity contribution in [1.82, 2.24) is 15.1 Å². The van der Waals surface area contributed by atoms with Crippen molar-refractivity contribution in [3.05, 3.63) is 17.5 Å². The monoisotopic (exact) mass is 253 g/mol. The molecule has 6 nitrogen and oxygen atoms in total. The number of nitrogens with one attached hydrogen (secondary N) is 1. The maximum absolute atomic E-state index is 11.5. The summed E-state index contributed by atoms with van der Waals surface area (Å²) in [6.45, 7) is 6.06. The Kier molecular flexibility index (Phi) is 4.88. The van der Waals surface area contributed by atoms with E-state index in [1.807, 2.05) is 19.9 Å². The minimum Gasteiger partial charge on any atom is -0.481 e. The van der Waals surface area contributed by atoms with E-state index in [0.29, 0.717) is 13.0 Å². The number of carboxylic acid groups (broad SMARTS) is 1. The molecule has 0 bridgehead atoms. The summed E-state index contributed by atoms with van der Waals surface area (Å²) in [5.74, 6) is -1.63. The van der Waals surface area contributed by atoms with Crippen LogP contribution < -0.4 is 5.32 Å². The van der Waals surface area contributed by atoms with Gasteiger partial charge in [-0.2, -0.15) is 5.10 Å². The van der Waals surface area contributed by atoms with Crippen molar-refractivity contribution in [3.8, 4) is 0 Å². The number of aryl methyl sites for hydroxylation is 3. The van der Waals surface area contributed by atoms with Crippen LogP contribution in [0.5, 0.6) is 0 Å². The molecular weight excluding hydrogens is 234 g/mol. The van der Waals surface area contributed by atoms with Crippen molar-refractivity contribution in [2.45, 2.75) is 33.7 Å². The second-order valence-electron chi connectivity index (χ2n) is 4.44. The first-order chi connectivity index (χ1) is 8.40. The molecule has 0 saturated carbocycles. The van der Waals surface area contributed by atoms with Crippen LogP contribution in [0.1, 0.15) is 24.7 Å². The van der Waals surface area contributed by atoms with E-state index in [1.54, 1.807) is 11.6 Å². The molecule has 0 aliphatic carbocycles. The van der Waals surface area contributed by atoms with E-state index in [2.05, 4.69) is 10.4 Å². The molecule has 1 aromatic rings. The number of carbonyl (C=O) groups excluding carboxylic acids is 1. The molecule has 18 heavy (non-hydrogen) atoms. The smallest absolute Gasteiger partial charge is 0.308 e. The van der Waals surface area contributed by atoms with E-state index in [4.69, 9.17) is 5.11 Å². The third kappa shape index (κ3) is 4.20. The average molecular weight is 253 g/mol. The summed E-state index contributed by atoms with van der Waals surface area (Å²) in [6, 6.07) is 1.95. The number of amides is 1. The third-order valence-electron chi connectivity index (χ3n) is 2.68. The van der Waals surface area contributed by atoms with Crippen LogP contribution in [-0.4, -0.2) is 33.3 Å². The minimum absolute atomic E-state index is 0.157. The minimum atomic E-state index is -0.908. The zero-order valence-electron chi connectivity index (χ0n) is 10.9. The van der Waals surface area contributed by atoms with Crippen LogP contribution >= 0.6 is 0 Å². The molecule has 0 radical (unpaired) electrons. The summed E-state index contributed by atoms with van der Waals surface area (Å²) in [6.07, 6.45) is 0.300. The summed E-state index contributed by atoms with van der Waals surface area (Å²) < 4.78 is 1.77. The first-order valence-corrected chi connectivity index (χ1v) is 5.90. The zero-order chi connectivity index (χ0) is 13.7. The van der Waals surface area contributed by atoms with Gasteiger partial charge in [0.2, 0.25) is 5.91 Å². The Balaban J connectivity index is 2.33. The third-order valence-corrected chi connectivity index (χ3v) is 2.68. The normalized spacial score (nSPS) is 12.2. The van der Waals surface area contributed by atoms with Crippen LogP contribution in [0.4, 0.5) is 0 Å². The molecule has 1 aromatic heterocycles. The molecule has 0 aliphatic heterocycles. The summed E-state index contributed by atoms with van der Waals surface area (Å²) >= 11 is 0. The summed E-state index contributed by atoms with van der Waals surface area (Å²) in [4.78, 5) is 22.1. The SMILES string of the molecule is Cc1cc(C)n(CCC(=O)NCC(C)C(=O)O)n1. The van der Waals surface area contributed by atoms with Crippen molar-refractivity contribution < 1.29 is 14.7 Å². The molecule has 6 heteroatoms.